The van der Waals surface area contributed by atoms with Crippen molar-refractivity contribution in [3.63, 3.8) is 0 Å². The van der Waals surface area contributed by atoms with Crippen molar-refractivity contribution in [2.45, 2.75) is 51.1 Å². The second-order valence-electron chi connectivity index (χ2n) is 9.80. The number of pyridine rings is 1. The minimum Gasteiger partial charge on any atom is -0.506 e. The Morgan fingerprint density at radius 1 is 1.11 bits per heavy atom. The molecule has 4 aromatic heterocycles. The van der Waals surface area contributed by atoms with Gasteiger partial charge in [0.05, 0.1) is 30.4 Å². The van der Waals surface area contributed by atoms with Crippen molar-refractivity contribution in [1.82, 2.24) is 34.5 Å². The van der Waals surface area contributed by atoms with Crippen LogP contribution in [0.5, 0.6) is 5.75 Å². The first-order valence-corrected chi connectivity index (χ1v) is 12.8. The van der Waals surface area contributed by atoms with Crippen LogP contribution < -0.4 is 11.3 Å². The van der Waals surface area contributed by atoms with Crippen LogP contribution in [0.4, 0.5) is 5.82 Å². The lowest BCUT2D eigenvalue weighted by atomic mass is 9.92. The lowest BCUT2D eigenvalue weighted by Gasteiger charge is -2.21. The number of nitrogen functional groups attached to an aromatic ring is 1. The minimum atomic E-state index is -0.354. The van der Waals surface area contributed by atoms with Gasteiger partial charge in [0.1, 0.15) is 23.6 Å². The third kappa shape index (κ3) is 4.17. The maximum absolute atomic E-state index is 13.9. The van der Waals surface area contributed by atoms with Gasteiger partial charge in [0.2, 0.25) is 0 Å². The fourth-order valence-electron chi connectivity index (χ4n) is 5.50. The van der Waals surface area contributed by atoms with Gasteiger partial charge in [-0.25, -0.2) is 19.3 Å². The molecule has 1 aliphatic carbocycles. The lowest BCUT2D eigenvalue weighted by Crippen LogP contribution is -2.31. The molecule has 0 amide bonds. The van der Waals surface area contributed by atoms with E-state index in [9.17, 15) is 9.90 Å². The molecule has 1 saturated carbocycles. The second kappa shape index (κ2) is 9.70. The van der Waals surface area contributed by atoms with Crippen LogP contribution in [0.3, 0.4) is 0 Å². The predicted octanol–water partition coefficient (Wildman–Crippen LogP) is 4.05. The van der Waals surface area contributed by atoms with E-state index in [-0.39, 0.29) is 29.1 Å². The van der Waals surface area contributed by atoms with Crippen molar-refractivity contribution in [2.24, 2.45) is 0 Å². The highest BCUT2D eigenvalue weighted by Gasteiger charge is 2.29. The van der Waals surface area contributed by atoms with E-state index in [2.05, 4.69) is 20.1 Å². The molecule has 1 aliphatic rings. The number of benzene rings is 1. The maximum Gasteiger partial charge on any atom is 0.270 e. The van der Waals surface area contributed by atoms with Crippen LogP contribution in [-0.2, 0) is 6.54 Å². The molecule has 5 aromatic rings. The summed E-state index contributed by atoms with van der Waals surface area (Å²) in [5.74, 6) is 0.462. The Kier molecular flexibility index (Phi) is 6.07. The summed E-state index contributed by atoms with van der Waals surface area (Å²) in [5, 5.41) is 20.1. The molecule has 0 radical (unpaired) electrons. The van der Waals surface area contributed by atoms with Crippen molar-refractivity contribution in [3.05, 3.63) is 88.4 Å². The highest BCUT2D eigenvalue weighted by Crippen LogP contribution is 2.38. The Morgan fingerprint density at radius 2 is 1.89 bits per heavy atom. The van der Waals surface area contributed by atoms with Crippen LogP contribution in [-0.4, -0.2) is 39.6 Å². The summed E-state index contributed by atoms with van der Waals surface area (Å²) < 4.78 is 3.33. The molecule has 0 bridgehead atoms. The number of anilines is 1. The van der Waals surface area contributed by atoms with Crippen molar-refractivity contribution in [2.75, 3.05) is 5.73 Å². The summed E-state index contributed by atoms with van der Waals surface area (Å²) >= 11 is 0. The fraction of sp³-hybridized carbons (Fsp3) is 0.286. The van der Waals surface area contributed by atoms with E-state index in [4.69, 9.17) is 10.8 Å². The third-order valence-corrected chi connectivity index (χ3v) is 7.38. The quantitative estimate of drug-likeness (QED) is 0.350. The molecule has 1 aromatic carbocycles. The Morgan fingerprint density at radius 3 is 2.66 bits per heavy atom. The molecule has 1 unspecified atom stereocenters. The predicted molar refractivity (Wildman–Crippen MR) is 144 cm³/mol. The Bertz CT molecular complexity index is 1670. The molecule has 1 fully saturated rings. The summed E-state index contributed by atoms with van der Waals surface area (Å²) in [6.07, 6.45) is 10.3. The van der Waals surface area contributed by atoms with E-state index in [0.29, 0.717) is 28.8 Å². The summed E-state index contributed by atoms with van der Waals surface area (Å²) in [6.45, 7) is 2.41. The van der Waals surface area contributed by atoms with Crippen LogP contribution >= 0.6 is 0 Å². The van der Waals surface area contributed by atoms with Crippen molar-refractivity contribution in [3.8, 4) is 17.0 Å². The van der Waals surface area contributed by atoms with Crippen LogP contribution in [0, 0.1) is 0 Å². The molecule has 0 aliphatic heterocycles. The normalized spacial score (nSPS) is 14.8. The molecule has 6 rings (SSSR count). The standard InChI is InChI=1S/C28H28N8O2/c1-17(36-27-24(26(29)31-16-32-27)25(34-36)20-11-21(37)13-30-12-20)22-14-33-35(15-18-7-3-2-4-8-18)28(38)23(22)19-9-5-6-10-19/h2-4,7-8,11-14,16-17,19,37H,5-6,9-10,15H2,1H3,(H2,29,31,32). The van der Waals surface area contributed by atoms with Crippen LogP contribution in [0.15, 0.2) is 66.1 Å². The van der Waals surface area contributed by atoms with Gasteiger partial charge in [0.25, 0.3) is 5.56 Å². The van der Waals surface area contributed by atoms with Gasteiger partial charge in [-0.3, -0.25) is 9.78 Å². The molecule has 1 atom stereocenters. The third-order valence-electron chi connectivity index (χ3n) is 7.38. The zero-order valence-electron chi connectivity index (χ0n) is 21.0. The first kappa shape index (κ1) is 23.8. The van der Waals surface area contributed by atoms with Crippen LogP contribution in [0.25, 0.3) is 22.3 Å². The minimum absolute atomic E-state index is 0.0171. The second-order valence-corrected chi connectivity index (χ2v) is 9.80. The average Bonchev–Trinajstić information content (AvgIpc) is 3.59. The first-order valence-electron chi connectivity index (χ1n) is 12.8. The van der Waals surface area contributed by atoms with Gasteiger partial charge in [-0.1, -0.05) is 43.2 Å². The van der Waals surface area contributed by atoms with Gasteiger partial charge < -0.3 is 10.8 Å². The molecule has 4 heterocycles. The molecule has 0 spiro atoms. The van der Waals surface area contributed by atoms with E-state index in [1.165, 1.54) is 12.5 Å². The molecule has 10 nitrogen and oxygen atoms in total. The average molecular weight is 509 g/mol. The Hall–Kier alpha value is -4.60. The number of hydrogen-bond acceptors (Lipinski definition) is 8. The Balaban J connectivity index is 1.50. The number of aromatic hydroxyl groups is 1. The van der Waals surface area contributed by atoms with Crippen molar-refractivity contribution < 1.29 is 5.11 Å². The van der Waals surface area contributed by atoms with E-state index in [1.807, 2.05) is 37.3 Å². The van der Waals surface area contributed by atoms with Crippen molar-refractivity contribution >= 4 is 16.9 Å². The number of hydrogen-bond donors (Lipinski definition) is 2. The monoisotopic (exact) mass is 508 g/mol. The molecular weight excluding hydrogens is 480 g/mol. The zero-order valence-corrected chi connectivity index (χ0v) is 21.0. The Labute approximate surface area is 218 Å². The fourth-order valence-corrected chi connectivity index (χ4v) is 5.50. The lowest BCUT2D eigenvalue weighted by molar-refractivity contribution is 0.473. The first-order chi connectivity index (χ1) is 18.5. The highest BCUT2D eigenvalue weighted by molar-refractivity contribution is 5.98. The van der Waals surface area contributed by atoms with E-state index >= 15 is 0 Å². The summed E-state index contributed by atoms with van der Waals surface area (Å²) in [5.41, 5.74) is 10.5. The number of rotatable bonds is 6. The SMILES string of the molecule is CC(c1cnn(Cc2ccccc2)c(=O)c1C1CCCC1)n1nc(-c2cncc(O)c2)c2c(N)ncnc21. The van der Waals surface area contributed by atoms with Gasteiger partial charge in [0.15, 0.2) is 5.65 Å². The summed E-state index contributed by atoms with van der Waals surface area (Å²) in [6, 6.07) is 11.1. The number of nitrogens with two attached hydrogens (primary N) is 1. The molecule has 10 heteroatoms. The summed E-state index contributed by atoms with van der Waals surface area (Å²) in [4.78, 5) is 26.7. The molecular formula is C28H28N8O2. The molecule has 192 valence electrons. The van der Waals surface area contributed by atoms with Gasteiger partial charge in [-0.05, 0) is 37.3 Å². The maximum atomic E-state index is 13.9. The molecule has 38 heavy (non-hydrogen) atoms. The van der Waals surface area contributed by atoms with E-state index in [1.54, 1.807) is 27.8 Å². The number of fused-ring (bicyclic) bond motifs is 1. The van der Waals surface area contributed by atoms with Gasteiger partial charge in [0, 0.05) is 22.9 Å². The largest absolute Gasteiger partial charge is 0.506 e. The van der Waals surface area contributed by atoms with Crippen LogP contribution in [0.1, 0.15) is 61.3 Å². The van der Waals surface area contributed by atoms with E-state index < -0.39 is 0 Å². The van der Waals surface area contributed by atoms with Crippen molar-refractivity contribution in [1.29, 1.82) is 0 Å². The molecule has 3 N–H and O–H groups in total. The van der Waals surface area contributed by atoms with Gasteiger partial charge >= 0.3 is 0 Å². The van der Waals surface area contributed by atoms with Gasteiger partial charge in [-0.15, -0.1) is 0 Å². The van der Waals surface area contributed by atoms with E-state index in [0.717, 1.165) is 42.4 Å². The zero-order chi connectivity index (χ0) is 26.2. The number of nitrogens with zero attached hydrogens (tertiary/aromatic N) is 7. The highest BCUT2D eigenvalue weighted by atomic mass is 16.3. The molecule has 0 saturated heterocycles. The smallest absolute Gasteiger partial charge is 0.270 e. The van der Waals surface area contributed by atoms with Crippen LogP contribution in [0.2, 0.25) is 0 Å². The summed E-state index contributed by atoms with van der Waals surface area (Å²) in [7, 11) is 0. The van der Waals surface area contributed by atoms with Gasteiger partial charge in [-0.2, -0.15) is 10.2 Å². The topological polar surface area (TPSA) is 138 Å². The number of aromatic nitrogens is 7.